The molecule has 1 aliphatic rings. The number of carbonyl (C=O) groups excluding carboxylic acids is 1. The van der Waals surface area contributed by atoms with Crippen LogP contribution in [0.15, 0.2) is 24.3 Å². The zero-order chi connectivity index (χ0) is 12.1. The summed E-state index contributed by atoms with van der Waals surface area (Å²) in [5.74, 6) is 0.0641. The Morgan fingerprint density at radius 2 is 2.47 bits per heavy atom. The Hall–Kier alpha value is -1.39. The van der Waals surface area contributed by atoms with E-state index in [-0.39, 0.29) is 18.6 Å². The summed E-state index contributed by atoms with van der Waals surface area (Å²) >= 11 is 0. The molecule has 1 heterocycles. The van der Waals surface area contributed by atoms with E-state index in [0.29, 0.717) is 26.1 Å². The van der Waals surface area contributed by atoms with Gasteiger partial charge in [-0.1, -0.05) is 24.3 Å². The van der Waals surface area contributed by atoms with E-state index in [0.717, 1.165) is 5.56 Å². The predicted octanol–water partition coefficient (Wildman–Crippen LogP) is 0.249. The highest BCUT2D eigenvalue weighted by Gasteiger charge is 2.23. The van der Waals surface area contributed by atoms with Crippen molar-refractivity contribution >= 4 is 5.91 Å². The maximum Gasteiger partial charge on any atom is 0.227 e. The average Bonchev–Trinajstić information content (AvgIpc) is 2.40. The van der Waals surface area contributed by atoms with Crippen LogP contribution in [-0.4, -0.2) is 48.3 Å². The Kier molecular flexibility index (Phi) is 4.12. The molecule has 1 radical (unpaired) electrons. The van der Waals surface area contributed by atoms with E-state index in [1.54, 1.807) is 11.0 Å². The number of rotatable bonds is 3. The first-order valence-corrected chi connectivity index (χ1v) is 5.75. The van der Waals surface area contributed by atoms with Gasteiger partial charge < -0.3 is 14.7 Å². The third kappa shape index (κ3) is 3.28. The molecule has 0 aliphatic carbocycles. The van der Waals surface area contributed by atoms with Gasteiger partial charge in [0.15, 0.2) is 0 Å². The van der Waals surface area contributed by atoms with Crippen molar-refractivity contribution in [2.45, 2.75) is 12.5 Å². The Labute approximate surface area is 101 Å². The number of morpholine rings is 1. The van der Waals surface area contributed by atoms with Crippen LogP contribution in [0.1, 0.15) is 5.56 Å². The van der Waals surface area contributed by atoms with Crippen LogP contribution in [0.3, 0.4) is 0 Å². The van der Waals surface area contributed by atoms with Gasteiger partial charge in [-0.15, -0.1) is 0 Å². The van der Waals surface area contributed by atoms with E-state index in [9.17, 15) is 4.79 Å². The van der Waals surface area contributed by atoms with Crippen LogP contribution in [-0.2, 0) is 16.0 Å². The van der Waals surface area contributed by atoms with Crippen LogP contribution < -0.4 is 0 Å². The second kappa shape index (κ2) is 5.80. The zero-order valence-electron chi connectivity index (χ0n) is 9.63. The summed E-state index contributed by atoms with van der Waals surface area (Å²) < 4.78 is 5.31. The Morgan fingerprint density at radius 1 is 1.59 bits per heavy atom. The van der Waals surface area contributed by atoms with Gasteiger partial charge in [-0.3, -0.25) is 4.79 Å². The van der Waals surface area contributed by atoms with Crippen molar-refractivity contribution < 1.29 is 14.6 Å². The number of benzene rings is 1. The van der Waals surface area contributed by atoms with E-state index in [1.165, 1.54) is 0 Å². The zero-order valence-corrected chi connectivity index (χ0v) is 9.63. The minimum absolute atomic E-state index is 0.0404. The molecule has 1 fully saturated rings. The van der Waals surface area contributed by atoms with E-state index in [1.807, 2.05) is 18.2 Å². The van der Waals surface area contributed by atoms with Gasteiger partial charge in [0.2, 0.25) is 5.91 Å². The molecule has 4 nitrogen and oxygen atoms in total. The smallest absolute Gasteiger partial charge is 0.227 e. The number of carbonyl (C=O) groups is 1. The van der Waals surface area contributed by atoms with E-state index in [4.69, 9.17) is 9.84 Å². The van der Waals surface area contributed by atoms with Gasteiger partial charge in [-0.05, 0) is 11.6 Å². The number of aliphatic hydroxyl groups excluding tert-OH is 1. The van der Waals surface area contributed by atoms with Crippen LogP contribution in [0.2, 0.25) is 0 Å². The normalized spacial score (nSPS) is 20.3. The first-order chi connectivity index (χ1) is 8.29. The fraction of sp³-hybridized carbons (Fsp3) is 0.462. The molecule has 1 atom stereocenters. The monoisotopic (exact) mass is 234 g/mol. The minimum Gasteiger partial charge on any atom is -0.394 e. The second-order valence-corrected chi connectivity index (χ2v) is 4.08. The van der Waals surface area contributed by atoms with Gasteiger partial charge in [0.1, 0.15) is 0 Å². The molecule has 0 saturated carbocycles. The molecule has 4 heteroatoms. The number of nitrogens with zero attached hydrogens (tertiary/aromatic N) is 1. The quantitative estimate of drug-likeness (QED) is 0.815. The lowest BCUT2D eigenvalue weighted by Crippen LogP contribution is -2.47. The first kappa shape index (κ1) is 12.1. The highest BCUT2D eigenvalue weighted by Crippen LogP contribution is 2.08. The number of ether oxygens (including phenoxy) is 1. The Morgan fingerprint density at radius 3 is 3.18 bits per heavy atom. The highest BCUT2D eigenvalue weighted by molar-refractivity contribution is 5.78. The summed E-state index contributed by atoms with van der Waals surface area (Å²) in [5, 5.41) is 9.01. The molecule has 1 aromatic rings. The lowest BCUT2D eigenvalue weighted by Gasteiger charge is -2.32. The lowest BCUT2D eigenvalue weighted by atomic mass is 10.1. The first-order valence-electron chi connectivity index (χ1n) is 5.75. The molecule has 1 amide bonds. The van der Waals surface area contributed by atoms with Crippen molar-refractivity contribution in [2.24, 2.45) is 0 Å². The molecule has 91 valence electrons. The largest absolute Gasteiger partial charge is 0.394 e. The number of hydrogen-bond acceptors (Lipinski definition) is 3. The van der Waals surface area contributed by atoms with Crippen LogP contribution >= 0.6 is 0 Å². The van der Waals surface area contributed by atoms with Gasteiger partial charge in [0, 0.05) is 13.1 Å². The molecule has 0 spiro atoms. The number of aliphatic hydroxyl groups is 1. The maximum atomic E-state index is 12.0. The molecule has 0 bridgehead atoms. The van der Waals surface area contributed by atoms with Crippen LogP contribution in [0.4, 0.5) is 0 Å². The van der Waals surface area contributed by atoms with Gasteiger partial charge in [-0.25, -0.2) is 0 Å². The molecule has 17 heavy (non-hydrogen) atoms. The summed E-state index contributed by atoms with van der Waals surface area (Å²) in [6.45, 7) is 1.53. The van der Waals surface area contributed by atoms with Crippen LogP contribution in [0, 0.1) is 6.07 Å². The summed E-state index contributed by atoms with van der Waals surface area (Å²) in [5.41, 5.74) is 0.893. The molecule has 1 N–H and O–H groups in total. The number of hydrogen-bond donors (Lipinski definition) is 1. The van der Waals surface area contributed by atoms with E-state index < -0.39 is 0 Å². The lowest BCUT2D eigenvalue weighted by molar-refractivity contribution is -0.139. The standard InChI is InChI=1S/C13H16NO3/c15-10-12-9-14(6-7-17-12)13(16)8-11-4-2-1-3-5-11/h1-4,12,15H,6-10H2. The summed E-state index contributed by atoms with van der Waals surface area (Å²) in [4.78, 5) is 13.7. The van der Waals surface area contributed by atoms with Crippen LogP contribution in [0.25, 0.3) is 0 Å². The highest BCUT2D eigenvalue weighted by atomic mass is 16.5. The molecule has 0 aromatic heterocycles. The average molecular weight is 234 g/mol. The summed E-state index contributed by atoms with van der Waals surface area (Å²) in [6, 6.07) is 10.5. The van der Waals surface area contributed by atoms with Crippen molar-refractivity contribution in [2.75, 3.05) is 26.3 Å². The van der Waals surface area contributed by atoms with Crippen molar-refractivity contribution in [3.63, 3.8) is 0 Å². The molecule has 1 aliphatic heterocycles. The fourth-order valence-electron chi connectivity index (χ4n) is 1.87. The third-order valence-corrected chi connectivity index (χ3v) is 2.81. The molecule has 1 saturated heterocycles. The molecule has 1 unspecified atom stereocenters. The fourth-order valence-corrected chi connectivity index (χ4v) is 1.87. The predicted molar refractivity (Wildman–Crippen MR) is 62.4 cm³/mol. The van der Waals surface area contributed by atoms with Crippen LogP contribution in [0.5, 0.6) is 0 Å². The second-order valence-electron chi connectivity index (χ2n) is 4.08. The Bertz CT molecular complexity index is 366. The van der Waals surface area contributed by atoms with Gasteiger partial charge in [0.25, 0.3) is 0 Å². The van der Waals surface area contributed by atoms with Gasteiger partial charge >= 0.3 is 0 Å². The molecular weight excluding hydrogens is 218 g/mol. The summed E-state index contributed by atoms with van der Waals surface area (Å²) in [7, 11) is 0. The SMILES string of the molecule is O=C(Cc1[c]cccc1)N1CCOC(CO)C1. The Balaban J connectivity index is 1.91. The minimum atomic E-state index is -0.243. The van der Waals surface area contributed by atoms with Crippen molar-refractivity contribution in [1.82, 2.24) is 4.90 Å². The van der Waals surface area contributed by atoms with Crippen molar-refractivity contribution in [3.05, 3.63) is 35.9 Å². The topological polar surface area (TPSA) is 49.8 Å². The summed E-state index contributed by atoms with van der Waals surface area (Å²) in [6.07, 6.45) is 0.117. The maximum absolute atomic E-state index is 12.0. The molecular formula is C13H16NO3. The van der Waals surface area contributed by atoms with E-state index in [2.05, 4.69) is 6.07 Å². The van der Waals surface area contributed by atoms with Crippen molar-refractivity contribution in [1.29, 1.82) is 0 Å². The molecule has 1 aromatic carbocycles. The third-order valence-electron chi connectivity index (χ3n) is 2.81. The van der Waals surface area contributed by atoms with Gasteiger partial charge in [0.05, 0.1) is 25.7 Å². The van der Waals surface area contributed by atoms with Gasteiger partial charge in [-0.2, -0.15) is 0 Å². The van der Waals surface area contributed by atoms with Crippen molar-refractivity contribution in [3.8, 4) is 0 Å². The number of amides is 1. The van der Waals surface area contributed by atoms with E-state index >= 15 is 0 Å². The molecule has 2 rings (SSSR count).